The van der Waals surface area contributed by atoms with Gasteiger partial charge in [-0.25, -0.2) is 4.98 Å². The van der Waals surface area contributed by atoms with E-state index < -0.39 is 6.10 Å². The molecule has 1 N–H and O–H groups in total. The van der Waals surface area contributed by atoms with Gasteiger partial charge in [-0.2, -0.15) is 0 Å². The average Bonchev–Trinajstić information content (AvgIpc) is 2.74. The fourth-order valence-electron chi connectivity index (χ4n) is 3.50. The van der Waals surface area contributed by atoms with E-state index >= 15 is 0 Å². The van der Waals surface area contributed by atoms with Crippen LogP contribution in [-0.4, -0.2) is 70.6 Å². The van der Waals surface area contributed by atoms with Gasteiger partial charge in [0.2, 0.25) is 11.8 Å². The molecule has 2 amide bonds. The minimum absolute atomic E-state index is 0.0347. The number of benzene rings is 1. The van der Waals surface area contributed by atoms with Gasteiger partial charge in [0, 0.05) is 25.8 Å². The van der Waals surface area contributed by atoms with Crippen LogP contribution in [0.3, 0.4) is 0 Å². The number of fused-ring (bicyclic) bond motifs is 2. The van der Waals surface area contributed by atoms with Crippen molar-refractivity contribution >= 4 is 11.8 Å². The molecule has 0 radical (unpaired) electrons. The molecule has 1 saturated heterocycles. The summed E-state index contributed by atoms with van der Waals surface area (Å²) in [4.78, 5) is 33.2. The van der Waals surface area contributed by atoms with E-state index in [2.05, 4.69) is 4.98 Å². The Bertz CT molecular complexity index is 913. The Morgan fingerprint density at radius 3 is 2.70 bits per heavy atom. The summed E-state index contributed by atoms with van der Waals surface area (Å²) < 4.78 is 11.8. The zero-order valence-electron chi connectivity index (χ0n) is 16.7. The van der Waals surface area contributed by atoms with Gasteiger partial charge in [0.25, 0.3) is 5.91 Å². The van der Waals surface area contributed by atoms with E-state index in [0.717, 1.165) is 19.3 Å². The molecular formula is C22H25N3O5. The predicted octanol–water partition coefficient (Wildman–Crippen LogP) is 2.08. The second-order valence-corrected chi connectivity index (χ2v) is 7.49. The fourth-order valence-corrected chi connectivity index (χ4v) is 3.50. The Hall–Kier alpha value is -3.13. The number of β-amino-alcohol motifs (C(OH)–C–C–N with tert-alkyl or cyclic N) is 1. The van der Waals surface area contributed by atoms with Crippen molar-refractivity contribution < 1.29 is 24.2 Å². The zero-order chi connectivity index (χ0) is 20.9. The van der Waals surface area contributed by atoms with Gasteiger partial charge in [-0.05, 0) is 43.5 Å². The molecule has 1 aromatic carbocycles. The predicted molar refractivity (Wildman–Crippen MR) is 109 cm³/mol. The van der Waals surface area contributed by atoms with Crippen molar-refractivity contribution in [3.63, 3.8) is 0 Å². The van der Waals surface area contributed by atoms with E-state index in [9.17, 15) is 14.7 Å². The first kappa shape index (κ1) is 20.2. The number of carbonyl (C=O) groups is 2. The molecule has 4 rings (SSSR count). The second-order valence-electron chi connectivity index (χ2n) is 7.49. The monoisotopic (exact) mass is 411 g/mol. The van der Waals surface area contributed by atoms with Gasteiger partial charge in [-0.3, -0.25) is 9.59 Å². The molecule has 30 heavy (non-hydrogen) atoms. The quantitative estimate of drug-likeness (QED) is 0.814. The van der Waals surface area contributed by atoms with E-state index in [1.165, 1.54) is 0 Å². The van der Waals surface area contributed by atoms with Crippen molar-refractivity contribution in [1.82, 2.24) is 14.8 Å². The standard InChI is InChI=1S/C22H25N3O5/c26-16-13-25(14-16)20(27)15-24-11-4-1-5-12-29-18-8-2-3-9-19(18)30-21-17(22(24)28)7-6-10-23-21/h2-3,6-10,16,26H,1,4-5,11-15H2. The lowest BCUT2D eigenvalue weighted by molar-refractivity contribution is -0.141. The number of para-hydroxylation sites is 2. The van der Waals surface area contributed by atoms with Gasteiger partial charge in [-0.15, -0.1) is 0 Å². The number of carbonyl (C=O) groups excluding carboxylic acids is 2. The third kappa shape index (κ3) is 4.54. The number of nitrogens with zero attached hydrogens (tertiary/aromatic N) is 3. The molecule has 3 heterocycles. The molecule has 0 aliphatic carbocycles. The smallest absolute Gasteiger partial charge is 0.259 e. The number of ether oxygens (including phenoxy) is 2. The molecule has 158 valence electrons. The van der Waals surface area contributed by atoms with Crippen LogP contribution in [0.5, 0.6) is 17.4 Å². The maximum absolute atomic E-state index is 13.3. The molecule has 0 unspecified atom stereocenters. The second kappa shape index (κ2) is 9.13. The molecule has 0 bridgehead atoms. The molecule has 8 heteroatoms. The summed E-state index contributed by atoms with van der Waals surface area (Å²) in [7, 11) is 0. The number of aromatic nitrogens is 1. The van der Waals surface area contributed by atoms with Crippen molar-refractivity contribution in [2.75, 3.05) is 32.8 Å². The summed E-state index contributed by atoms with van der Waals surface area (Å²) in [6.07, 6.45) is 3.53. The van der Waals surface area contributed by atoms with Crippen molar-refractivity contribution in [1.29, 1.82) is 0 Å². The largest absolute Gasteiger partial charge is 0.490 e. The Kier molecular flexibility index (Phi) is 6.13. The summed E-state index contributed by atoms with van der Waals surface area (Å²) in [5, 5.41) is 9.46. The van der Waals surface area contributed by atoms with Gasteiger partial charge >= 0.3 is 0 Å². The Balaban J connectivity index is 1.61. The topological polar surface area (TPSA) is 92.2 Å². The van der Waals surface area contributed by atoms with Crippen LogP contribution < -0.4 is 9.47 Å². The number of hydrogen-bond acceptors (Lipinski definition) is 6. The van der Waals surface area contributed by atoms with Crippen LogP contribution in [0.2, 0.25) is 0 Å². The number of rotatable bonds is 2. The lowest BCUT2D eigenvalue weighted by Gasteiger charge is -2.37. The minimum atomic E-state index is -0.474. The van der Waals surface area contributed by atoms with Gasteiger partial charge in [0.15, 0.2) is 11.5 Å². The van der Waals surface area contributed by atoms with Crippen LogP contribution in [0.15, 0.2) is 42.6 Å². The van der Waals surface area contributed by atoms with Crippen molar-refractivity contribution in [3.8, 4) is 17.4 Å². The van der Waals surface area contributed by atoms with Crippen molar-refractivity contribution in [3.05, 3.63) is 48.2 Å². The highest BCUT2D eigenvalue weighted by atomic mass is 16.5. The lowest BCUT2D eigenvalue weighted by Crippen LogP contribution is -2.56. The van der Waals surface area contributed by atoms with E-state index in [1.807, 2.05) is 18.2 Å². The number of amides is 2. The van der Waals surface area contributed by atoms with Crippen LogP contribution in [-0.2, 0) is 4.79 Å². The first-order valence-electron chi connectivity index (χ1n) is 10.2. The first-order chi connectivity index (χ1) is 14.6. The Morgan fingerprint density at radius 1 is 1.10 bits per heavy atom. The van der Waals surface area contributed by atoms with Crippen molar-refractivity contribution in [2.24, 2.45) is 0 Å². The van der Waals surface area contributed by atoms with Gasteiger partial charge in [0.05, 0.1) is 12.7 Å². The van der Waals surface area contributed by atoms with Gasteiger partial charge in [-0.1, -0.05) is 12.1 Å². The van der Waals surface area contributed by atoms with Crippen LogP contribution in [0.4, 0.5) is 0 Å². The maximum Gasteiger partial charge on any atom is 0.259 e. The molecule has 0 spiro atoms. The average molecular weight is 411 g/mol. The highest BCUT2D eigenvalue weighted by Gasteiger charge is 2.31. The summed E-state index contributed by atoms with van der Waals surface area (Å²) in [6, 6.07) is 10.6. The van der Waals surface area contributed by atoms with Gasteiger partial charge in [0.1, 0.15) is 12.1 Å². The molecular weight excluding hydrogens is 386 g/mol. The Morgan fingerprint density at radius 2 is 1.90 bits per heavy atom. The molecule has 1 aromatic heterocycles. The third-order valence-electron chi connectivity index (χ3n) is 5.22. The molecule has 1 fully saturated rings. The highest BCUT2D eigenvalue weighted by molar-refractivity contribution is 5.98. The van der Waals surface area contributed by atoms with E-state index in [1.54, 1.807) is 34.2 Å². The molecule has 8 nitrogen and oxygen atoms in total. The zero-order valence-corrected chi connectivity index (χ0v) is 16.7. The lowest BCUT2D eigenvalue weighted by atomic mass is 10.1. The Labute approximate surface area is 175 Å². The molecule has 2 aliphatic rings. The number of hydrogen-bond donors (Lipinski definition) is 1. The summed E-state index contributed by atoms with van der Waals surface area (Å²) in [6.45, 7) is 1.58. The number of likely N-dealkylation sites (tertiary alicyclic amines) is 1. The van der Waals surface area contributed by atoms with Crippen LogP contribution in [0.1, 0.15) is 29.6 Å². The number of pyridine rings is 1. The van der Waals surface area contributed by atoms with Crippen LogP contribution >= 0.6 is 0 Å². The van der Waals surface area contributed by atoms with Crippen molar-refractivity contribution in [2.45, 2.75) is 25.4 Å². The van der Waals surface area contributed by atoms with Gasteiger partial charge < -0.3 is 24.4 Å². The van der Waals surface area contributed by atoms with E-state index in [0.29, 0.717) is 43.3 Å². The molecule has 2 aromatic rings. The number of aliphatic hydroxyl groups is 1. The van der Waals surface area contributed by atoms with E-state index in [-0.39, 0.29) is 24.2 Å². The minimum Gasteiger partial charge on any atom is -0.490 e. The fraction of sp³-hybridized carbons (Fsp3) is 0.409. The van der Waals surface area contributed by atoms with E-state index in [4.69, 9.17) is 9.47 Å². The molecule has 2 aliphatic heterocycles. The summed E-state index contributed by atoms with van der Waals surface area (Å²) >= 11 is 0. The van der Waals surface area contributed by atoms with Crippen LogP contribution in [0.25, 0.3) is 0 Å². The van der Waals surface area contributed by atoms with Crippen LogP contribution in [0, 0.1) is 0 Å². The number of aliphatic hydroxyl groups excluding tert-OH is 1. The normalized spacial score (nSPS) is 17.8. The highest BCUT2D eigenvalue weighted by Crippen LogP contribution is 2.32. The molecule has 0 atom stereocenters. The SMILES string of the molecule is O=C(CN1CCCCCOc2ccccc2Oc2ncccc2C1=O)N1CC(O)C1. The summed E-state index contributed by atoms with van der Waals surface area (Å²) in [5.41, 5.74) is 0.294. The third-order valence-corrected chi connectivity index (χ3v) is 5.22. The molecule has 0 saturated carbocycles. The maximum atomic E-state index is 13.3. The summed E-state index contributed by atoms with van der Waals surface area (Å²) in [5.74, 6) is 0.795. The first-order valence-corrected chi connectivity index (χ1v) is 10.2.